The number of aromatic amines is 1. The van der Waals surface area contributed by atoms with Gasteiger partial charge >= 0.3 is 11.7 Å². The van der Waals surface area contributed by atoms with Crippen molar-refractivity contribution in [3.05, 3.63) is 32.6 Å². The molecule has 60 heavy (non-hydrogen) atoms. The van der Waals surface area contributed by atoms with E-state index in [2.05, 4.69) is 24.1 Å². The second-order valence-electron chi connectivity index (χ2n) is 18.0. The molecule has 0 bridgehead atoms. The molecule has 1 aromatic rings. The number of esters is 1. The smallest absolute Gasteiger partial charge is 0.330 e. The van der Waals surface area contributed by atoms with Crippen molar-refractivity contribution >= 4 is 11.9 Å². The summed E-state index contributed by atoms with van der Waals surface area (Å²) in [5, 5.41) is 3.22. The molecule has 1 fully saturated rings. The summed E-state index contributed by atoms with van der Waals surface area (Å²) in [6, 6.07) is 0. The van der Waals surface area contributed by atoms with Crippen molar-refractivity contribution in [3.63, 3.8) is 0 Å². The van der Waals surface area contributed by atoms with Gasteiger partial charge in [0.1, 0.15) is 12.7 Å². The number of nitrogens with zero attached hydrogens (tertiary/aromatic N) is 2. The van der Waals surface area contributed by atoms with E-state index in [1.54, 1.807) is 6.92 Å². The second kappa shape index (κ2) is 37.1. The molecule has 0 saturated carbocycles. The zero-order chi connectivity index (χ0) is 43.3. The minimum absolute atomic E-state index is 0.0235. The van der Waals surface area contributed by atoms with E-state index in [0.717, 1.165) is 38.8 Å². The van der Waals surface area contributed by atoms with Crippen molar-refractivity contribution in [2.24, 2.45) is 0 Å². The Morgan fingerprint density at radius 1 is 0.617 bits per heavy atom. The lowest BCUT2D eigenvalue weighted by Crippen LogP contribution is -2.48. The number of rotatable bonds is 40. The molecule has 0 spiro atoms. The number of carbonyl (C=O) groups is 2. The fourth-order valence-corrected chi connectivity index (χ4v) is 8.44. The average Bonchev–Trinajstić information content (AvgIpc) is 3.25. The molecular formula is C50H92N4O6. The topological polar surface area (TPSA) is 123 Å². The molecule has 2 rings (SSSR count). The normalized spacial score (nSPS) is 15.4. The Morgan fingerprint density at radius 2 is 1.02 bits per heavy atom. The van der Waals surface area contributed by atoms with Gasteiger partial charge in [-0.05, 0) is 19.8 Å². The Morgan fingerprint density at radius 3 is 1.43 bits per heavy atom. The highest BCUT2D eigenvalue weighted by atomic mass is 16.6. The third-order valence-electron chi connectivity index (χ3n) is 12.4. The van der Waals surface area contributed by atoms with Crippen molar-refractivity contribution in [2.45, 2.75) is 251 Å². The zero-order valence-electron chi connectivity index (χ0n) is 39.2. The predicted octanol–water partition coefficient (Wildman–Crippen LogP) is 12.0. The maximum Gasteiger partial charge on any atom is 0.330 e. The molecule has 2 heterocycles. The summed E-state index contributed by atoms with van der Waals surface area (Å²) in [6.45, 7) is 8.59. The van der Waals surface area contributed by atoms with E-state index in [9.17, 15) is 19.2 Å². The van der Waals surface area contributed by atoms with Crippen LogP contribution in [0.25, 0.3) is 0 Å². The first-order valence-electron chi connectivity index (χ1n) is 25.5. The second-order valence-corrected chi connectivity index (χ2v) is 18.0. The summed E-state index contributed by atoms with van der Waals surface area (Å²) in [5.41, 5.74) is -0.555. The van der Waals surface area contributed by atoms with Gasteiger partial charge < -0.3 is 19.7 Å². The van der Waals surface area contributed by atoms with Crippen LogP contribution in [0.2, 0.25) is 0 Å². The number of hydrogen-bond acceptors (Lipinski definition) is 7. The lowest BCUT2D eigenvalue weighted by molar-refractivity contribution is -0.155. The van der Waals surface area contributed by atoms with Crippen LogP contribution >= 0.6 is 0 Å². The lowest BCUT2D eigenvalue weighted by Gasteiger charge is -2.31. The van der Waals surface area contributed by atoms with Gasteiger partial charge in [-0.3, -0.25) is 23.9 Å². The Labute approximate surface area is 366 Å². The van der Waals surface area contributed by atoms with Gasteiger partial charge in [0.2, 0.25) is 5.91 Å². The van der Waals surface area contributed by atoms with E-state index in [0.29, 0.717) is 18.7 Å². The molecule has 1 saturated heterocycles. The molecule has 2 atom stereocenters. The number of unbranched alkanes of at least 4 members (excludes halogenated alkanes) is 30. The Balaban J connectivity index is 1.65. The van der Waals surface area contributed by atoms with Gasteiger partial charge in [-0.25, -0.2) is 4.79 Å². The first kappa shape index (κ1) is 53.7. The highest BCUT2D eigenvalue weighted by molar-refractivity contribution is 5.81. The monoisotopic (exact) mass is 845 g/mol. The van der Waals surface area contributed by atoms with E-state index in [4.69, 9.17) is 9.47 Å². The fourth-order valence-electron chi connectivity index (χ4n) is 8.44. The summed E-state index contributed by atoms with van der Waals surface area (Å²) < 4.78 is 12.9. The Bertz CT molecular complexity index is 1280. The highest BCUT2D eigenvalue weighted by Crippen LogP contribution is 2.17. The number of nitrogens with one attached hydrogen (secondary N) is 2. The number of morpholine rings is 1. The van der Waals surface area contributed by atoms with Crippen molar-refractivity contribution in [2.75, 3.05) is 32.8 Å². The van der Waals surface area contributed by atoms with Gasteiger partial charge in [0.25, 0.3) is 5.56 Å². The van der Waals surface area contributed by atoms with Crippen LogP contribution < -0.4 is 16.6 Å². The fraction of sp³-hybridized carbons (Fsp3) is 0.880. The molecule has 0 unspecified atom stereocenters. The Hall–Kier alpha value is -2.46. The van der Waals surface area contributed by atoms with Crippen LogP contribution in [0.1, 0.15) is 244 Å². The van der Waals surface area contributed by atoms with Crippen molar-refractivity contribution < 1.29 is 19.1 Å². The third kappa shape index (κ3) is 27.5. The first-order valence-corrected chi connectivity index (χ1v) is 25.5. The molecular weight excluding hydrogens is 753 g/mol. The van der Waals surface area contributed by atoms with Crippen molar-refractivity contribution in [3.8, 4) is 0 Å². The molecule has 1 aliphatic rings. The summed E-state index contributed by atoms with van der Waals surface area (Å²) in [4.78, 5) is 54.7. The van der Waals surface area contributed by atoms with E-state index in [1.807, 2.05) is 4.90 Å². The number of carbonyl (C=O) groups excluding carboxylic acids is 2. The molecule has 0 radical (unpaired) electrons. The third-order valence-corrected chi connectivity index (χ3v) is 12.4. The molecule has 0 aromatic carbocycles. The maximum atomic E-state index is 13.4. The summed E-state index contributed by atoms with van der Waals surface area (Å²) >= 11 is 0. The van der Waals surface area contributed by atoms with Crippen LogP contribution in [0, 0.1) is 6.92 Å². The molecule has 1 aliphatic heterocycles. The van der Waals surface area contributed by atoms with E-state index >= 15 is 0 Å². The van der Waals surface area contributed by atoms with Crippen LogP contribution in [0.4, 0.5) is 0 Å². The predicted molar refractivity (Wildman–Crippen MR) is 249 cm³/mol. The van der Waals surface area contributed by atoms with Gasteiger partial charge in [-0.15, -0.1) is 0 Å². The average molecular weight is 845 g/mol. The highest BCUT2D eigenvalue weighted by Gasteiger charge is 2.26. The zero-order valence-corrected chi connectivity index (χ0v) is 39.2. The summed E-state index contributed by atoms with van der Waals surface area (Å²) in [7, 11) is 0. The van der Waals surface area contributed by atoms with E-state index < -0.39 is 29.6 Å². The van der Waals surface area contributed by atoms with Gasteiger partial charge in [0, 0.05) is 44.4 Å². The van der Waals surface area contributed by atoms with Crippen LogP contribution in [0.3, 0.4) is 0 Å². The van der Waals surface area contributed by atoms with Crippen LogP contribution in [0.5, 0.6) is 0 Å². The van der Waals surface area contributed by atoms with E-state index in [1.165, 1.54) is 191 Å². The molecule has 1 aromatic heterocycles. The molecule has 0 aliphatic carbocycles. The van der Waals surface area contributed by atoms with Gasteiger partial charge in [0.15, 0.2) is 6.23 Å². The number of H-pyrrole nitrogens is 1. The minimum atomic E-state index is -0.630. The SMILES string of the molecule is CCCCCCCCCCCCCCCCCCN(CCCCCCCCCCCCCCCCCC)C(=O)CCC(=O)OC[C@@H]1CNC[C@H](n2cc(C)c(=O)[nH]c2=O)O1. The maximum absolute atomic E-state index is 13.4. The van der Waals surface area contributed by atoms with Gasteiger partial charge in [-0.1, -0.05) is 206 Å². The number of aryl methyl sites for hydroxylation is 1. The number of ether oxygens (including phenoxy) is 2. The summed E-state index contributed by atoms with van der Waals surface area (Å²) in [6.07, 6.45) is 43.0. The molecule has 2 N–H and O–H groups in total. The quantitative estimate of drug-likeness (QED) is 0.0498. The molecule has 348 valence electrons. The van der Waals surface area contributed by atoms with Crippen LogP contribution in [-0.4, -0.2) is 65.2 Å². The standard InChI is InChI=1S/C50H92N4O6/c1-4-6-8-10-12-14-16-18-20-22-24-26-28-30-32-34-38-53(39-35-33-31-29-27-25-23-21-19-17-15-13-11-9-7-5-2)46(55)36-37-48(56)59-43-45-40-51-41-47(60-45)54-42-44(3)49(57)52-50(54)58/h42,45,47,51H,4-41,43H2,1-3H3,(H,52,57,58)/t45-,47+/m0/s1. The Kier molecular flexibility index (Phi) is 33.2. The van der Waals surface area contributed by atoms with Crippen LogP contribution in [0.15, 0.2) is 15.8 Å². The number of amides is 1. The lowest BCUT2D eigenvalue weighted by atomic mass is 10.0. The number of hydrogen-bond donors (Lipinski definition) is 2. The van der Waals surface area contributed by atoms with Gasteiger partial charge in [-0.2, -0.15) is 0 Å². The van der Waals surface area contributed by atoms with Crippen molar-refractivity contribution in [1.29, 1.82) is 0 Å². The van der Waals surface area contributed by atoms with Gasteiger partial charge in [0.05, 0.1) is 6.42 Å². The summed E-state index contributed by atoms with van der Waals surface area (Å²) in [5.74, 6) is -0.381. The minimum Gasteiger partial charge on any atom is -0.463 e. The largest absolute Gasteiger partial charge is 0.463 e. The molecule has 10 heteroatoms. The van der Waals surface area contributed by atoms with Crippen molar-refractivity contribution in [1.82, 2.24) is 19.8 Å². The first-order chi connectivity index (χ1) is 29.3. The number of aromatic nitrogens is 2. The molecule has 10 nitrogen and oxygen atoms in total. The van der Waals surface area contributed by atoms with Crippen LogP contribution in [-0.2, 0) is 19.1 Å². The molecule has 1 amide bonds. The van der Waals surface area contributed by atoms with E-state index in [-0.39, 0.29) is 25.4 Å².